The Bertz CT molecular complexity index is 469. The van der Waals surface area contributed by atoms with E-state index in [1.807, 2.05) is 0 Å². The molecule has 0 saturated carbocycles. The van der Waals surface area contributed by atoms with Crippen molar-refractivity contribution in [3.8, 4) is 0 Å². The van der Waals surface area contributed by atoms with E-state index >= 15 is 0 Å². The number of carbonyl (C=O) groups excluding carboxylic acids is 1. The Labute approximate surface area is 106 Å². The summed E-state index contributed by atoms with van der Waals surface area (Å²) in [5.41, 5.74) is -0.149. The first-order valence-electron chi connectivity index (χ1n) is 6.41. The summed E-state index contributed by atoms with van der Waals surface area (Å²) >= 11 is 0. The van der Waals surface area contributed by atoms with Gasteiger partial charge in [0.15, 0.2) is 0 Å². The molecule has 1 saturated heterocycles. The second-order valence-corrected chi connectivity index (χ2v) is 4.62. The van der Waals surface area contributed by atoms with Crippen LogP contribution in [0.3, 0.4) is 0 Å². The fourth-order valence-electron chi connectivity index (χ4n) is 2.32. The molecule has 18 heavy (non-hydrogen) atoms. The van der Waals surface area contributed by atoms with Crippen LogP contribution in [0.25, 0.3) is 0 Å². The summed E-state index contributed by atoms with van der Waals surface area (Å²) in [5, 5.41) is 2.94. The predicted octanol–water partition coefficient (Wildman–Crippen LogP) is 0.589. The third-order valence-electron chi connectivity index (χ3n) is 3.35. The SMILES string of the molecule is CCN1CCCC(NC(=O)c2ccc[nH]c2=O)C1. The van der Waals surface area contributed by atoms with E-state index < -0.39 is 0 Å². The average Bonchev–Trinajstić information content (AvgIpc) is 2.39. The molecule has 1 unspecified atom stereocenters. The number of rotatable bonds is 3. The molecule has 5 nitrogen and oxygen atoms in total. The molecule has 1 aromatic heterocycles. The molecule has 0 radical (unpaired) electrons. The quantitative estimate of drug-likeness (QED) is 0.824. The number of hydrogen-bond acceptors (Lipinski definition) is 3. The molecule has 0 aliphatic carbocycles. The van der Waals surface area contributed by atoms with Gasteiger partial charge in [0, 0.05) is 18.8 Å². The molecular weight excluding hydrogens is 230 g/mol. The summed E-state index contributed by atoms with van der Waals surface area (Å²) in [6.45, 7) is 5.08. The Balaban J connectivity index is 1.99. The number of aromatic nitrogens is 1. The van der Waals surface area contributed by atoms with Crippen molar-refractivity contribution >= 4 is 5.91 Å². The normalized spacial score (nSPS) is 20.6. The van der Waals surface area contributed by atoms with Crippen LogP contribution in [0, 0.1) is 0 Å². The second kappa shape index (κ2) is 5.82. The van der Waals surface area contributed by atoms with Gasteiger partial charge in [0.1, 0.15) is 5.56 Å². The highest BCUT2D eigenvalue weighted by Crippen LogP contribution is 2.09. The molecular formula is C13H19N3O2. The summed E-state index contributed by atoms with van der Waals surface area (Å²) < 4.78 is 0. The zero-order valence-corrected chi connectivity index (χ0v) is 10.6. The molecule has 1 aliphatic heterocycles. The van der Waals surface area contributed by atoms with Crippen molar-refractivity contribution < 1.29 is 4.79 Å². The van der Waals surface area contributed by atoms with Crippen molar-refractivity contribution in [2.45, 2.75) is 25.8 Å². The lowest BCUT2D eigenvalue weighted by Gasteiger charge is -2.32. The molecule has 1 aliphatic rings. The van der Waals surface area contributed by atoms with E-state index in [-0.39, 0.29) is 23.1 Å². The zero-order valence-electron chi connectivity index (χ0n) is 10.6. The van der Waals surface area contributed by atoms with Crippen molar-refractivity contribution in [2.24, 2.45) is 0 Å². The monoisotopic (exact) mass is 249 g/mol. The van der Waals surface area contributed by atoms with Gasteiger partial charge in [-0.1, -0.05) is 6.92 Å². The van der Waals surface area contributed by atoms with Crippen LogP contribution in [0.2, 0.25) is 0 Å². The third kappa shape index (κ3) is 2.98. The minimum atomic E-state index is -0.335. The molecule has 1 atom stereocenters. The number of nitrogens with zero attached hydrogens (tertiary/aromatic N) is 1. The summed E-state index contributed by atoms with van der Waals surface area (Å²) in [6.07, 6.45) is 3.59. The van der Waals surface area contributed by atoms with Gasteiger partial charge in [-0.3, -0.25) is 9.59 Å². The number of nitrogens with one attached hydrogen (secondary N) is 2. The summed E-state index contributed by atoms with van der Waals surface area (Å²) in [4.78, 5) is 28.3. The van der Waals surface area contributed by atoms with E-state index in [0.29, 0.717) is 0 Å². The van der Waals surface area contributed by atoms with E-state index in [9.17, 15) is 9.59 Å². The standard InChI is InChI=1S/C13H19N3O2/c1-2-16-8-4-5-10(9-16)15-13(18)11-6-3-7-14-12(11)17/h3,6-7,10H,2,4-5,8-9H2,1H3,(H,14,17)(H,15,18). The number of piperidine rings is 1. The van der Waals surface area contributed by atoms with Crippen LogP contribution in [0.15, 0.2) is 23.1 Å². The van der Waals surface area contributed by atoms with Crippen molar-refractivity contribution in [1.29, 1.82) is 0 Å². The lowest BCUT2D eigenvalue weighted by Crippen LogP contribution is -2.48. The van der Waals surface area contributed by atoms with Crippen LogP contribution in [-0.2, 0) is 0 Å². The predicted molar refractivity (Wildman–Crippen MR) is 69.7 cm³/mol. The van der Waals surface area contributed by atoms with Crippen molar-refractivity contribution in [2.75, 3.05) is 19.6 Å². The van der Waals surface area contributed by atoms with Crippen LogP contribution in [0.5, 0.6) is 0 Å². The number of pyridine rings is 1. The third-order valence-corrected chi connectivity index (χ3v) is 3.35. The van der Waals surface area contributed by atoms with Gasteiger partial charge < -0.3 is 15.2 Å². The van der Waals surface area contributed by atoms with Crippen LogP contribution < -0.4 is 10.9 Å². The van der Waals surface area contributed by atoms with Crippen LogP contribution in [0.1, 0.15) is 30.1 Å². The molecule has 1 aromatic rings. The summed E-state index contributed by atoms with van der Waals surface area (Å²) in [5.74, 6) is -0.278. The maximum Gasteiger partial charge on any atom is 0.260 e. The number of hydrogen-bond donors (Lipinski definition) is 2. The fraction of sp³-hybridized carbons (Fsp3) is 0.538. The zero-order chi connectivity index (χ0) is 13.0. The minimum absolute atomic E-state index is 0.144. The second-order valence-electron chi connectivity index (χ2n) is 4.62. The number of amides is 1. The summed E-state index contributed by atoms with van der Waals surface area (Å²) in [7, 11) is 0. The van der Waals surface area contributed by atoms with Crippen LogP contribution >= 0.6 is 0 Å². The van der Waals surface area contributed by atoms with E-state index in [4.69, 9.17) is 0 Å². The highest BCUT2D eigenvalue weighted by molar-refractivity contribution is 5.93. The minimum Gasteiger partial charge on any atom is -0.348 e. The maximum atomic E-state index is 12.0. The van der Waals surface area contributed by atoms with Gasteiger partial charge in [-0.25, -0.2) is 0 Å². The highest BCUT2D eigenvalue weighted by Gasteiger charge is 2.21. The molecule has 2 rings (SSSR count). The Kier molecular flexibility index (Phi) is 4.15. The van der Waals surface area contributed by atoms with Gasteiger partial charge in [0.25, 0.3) is 11.5 Å². The number of aromatic amines is 1. The van der Waals surface area contributed by atoms with E-state index in [0.717, 1.165) is 32.5 Å². The number of likely N-dealkylation sites (tertiary alicyclic amines) is 1. The molecule has 0 bridgehead atoms. The Hall–Kier alpha value is -1.62. The molecule has 2 N–H and O–H groups in total. The number of likely N-dealkylation sites (N-methyl/N-ethyl adjacent to an activating group) is 1. The van der Waals surface area contributed by atoms with Gasteiger partial charge in [-0.05, 0) is 38.1 Å². The molecule has 0 spiro atoms. The van der Waals surface area contributed by atoms with Crippen molar-refractivity contribution in [3.63, 3.8) is 0 Å². The van der Waals surface area contributed by atoms with Gasteiger partial charge in [-0.15, -0.1) is 0 Å². The van der Waals surface area contributed by atoms with Gasteiger partial charge in [0.05, 0.1) is 0 Å². The summed E-state index contributed by atoms with van der Waals surface area (Å²) in [6, 6.07) is 3.36. The van der Waals surface area contributed by atoms with Crippen LogP contribution in [0.4, 0.5) is 0 Å². The lowest BCUT2D eigenvalue weighted by atomic mass is 10.1. The Morgan fingerprint density at radius 2 is 2.44 bits per heavy atom. The molecule has 98 valence electrons. The first-order valence-corrected chi connectivity index (χ1v) is 6.41. The number of carbonyl (C=O) groups is 1. The van der Waals surface area contributed by atoms with Gasteiger partial charge in [-0.2, -0.15) is 0 Å². The van der Waals surface area contributed by atoms with Gasteiger partial charge >= 0.3 is 0 Å². The Morgan fingerprint density at radius 3 is 3.17 bits per heavy atom. The fourth-order valence-corrected chi connectivity index (χ4v) is 2.32. The first kappa shape index (κ1) is 12.8. The molecule has 2 heterocycles. The van der Waals surface area contributed by atoms with Gasteiger partial charge in [0.2, 0.25) is 0 Å². The smallest absolute Gasteiger partial charge is 0.260 e. The van der Waals surface area contributed by atoms with E-state index in [1.54, 1.807) is 12.1 Å². The average molecular weight is 249 g/mol. The van der Waals surface area contributed by atoms with Crippen molar-refractivity contribution in [1.82, 2.24) is 15.2 Å². The molecule has 1 fully saturated rings. The Morgan fingerprint density at radius 1 is 1.61 bits per heavy atom. The topological polar surface area (TPSA) is 65.2 Å². The van der Waals surface area contributed by atoms with Crippen molar-refractivity contribution in [3.05, 3.63) is 34.2 Å². The molecule has 5 heteroatoms. The lowest BCUT2D eigenvalue weighted by molar-refractivity contribution is 0.0904. The number of H-pyrrole nitrogens is 1. The maximum absolute atomic E-state index is 12.0. The highest BCUT2D eigenvalue weighted by atomic mass is 16.2. The van der Waals surface area contributed by atoms with Crippen LogP contribution in [-0.4, -0.2) is 41.5 Å². The first-order chi connectivity index (χ1) is 8.70. The largest absolute Gasteiger partial charge is 0.348 e. The van der Waals surface area contributed by atoms with E-state index in [1.165, 1.54) is 6.20 Å². The molecule has 0 aromatic carbocycles. The van der Waals surface area contributed by atoms with E-state index in [2.05, 4.69) is 22.1 Å². The molecule has 1 amide bonds.